The van der Waals surface area contributed by atoms with Crippen molar-refractivity contribution in [2.45, 2.75) is 13.8 Å². The maximum absolute atomic E-state index is 13.4. The number of hydrazone groups is 1. The van der Waals surface area contributed by atoms with E-state index < -0.39 is 0 Å². The van der Waals surface area contributed by atoms with Crippen LogP contribution in [0.4, 0.5) is 5.95 Å². The Balaban J connectivity index is 1.85. The lowest BCUT2D eigenvalue weighted by Crippen LogP contribution is -2.23. The Morgan fingerprint density at radius 3 is 2.60 bits per heavy atom. The summed E-state index contributed by atoms with van der Waals surface area (Å²) in [6.45, 7) is 4.01. The molecule has 0 radical (unpaired) electrons. The molecule has 0 bridgehead atoms. The van der Waals surface area contributed by atoms with Crippen molar-refractivity contribution in [1.82, 2.24) is 9.55 Å². The molecule has 30 heavy (non-hydrogen) atoms. The third kappa shape index (κ3) is 3.55. The van der Waals surface area contributed by atoms with Crippen molar-refractivity contribution in [3.63, 3.8) is 0 Å². The van der Waals surface area contributed by atoms with E-state index in [0.29, 0.717) is 22.6 Å². The van der Waals surface area contributed by atoms with Crippen LogP contribution in [0.15, 0.2) is 76.6 Å². The Morgan fingerprint density at radius 2 is 1.77 bits per heavy atom. The molecule has 0 saturated heterocycles. The number of nitrogens with zero attached hydrogens (tertiary/aromatic N) is 3. The molecule has 6 heteroatoms. The lowest BCUT2D eigenvalue weighted by molar-refractivity contribution is 0.414. The van der Waals surface area contributed by atoms with Gasteiger partial charge in [0.1, 0.15) is 5.75 Å². The topological polar surface area (TPSA) is 68.5 Å². The maximum Gasteiger partial charge on any atom is 0.267 e. The number of hydrogen-bond acceptors (Lipinski definition) is 5. The van der Waals surface area contributed by atoms with E-state index in [1.165, 1.54) is 0 Å². The molecule has 0 aliphatic carbocycles. The van der Waals surface area contributed by atoms with E-state index in [1.54, 1.807) is 24.0 Å². The minimum absolute atomic E-state index is 0.149. The largest absolute Gasteiger partial charge is 0.496 e. The molecule has 1 heterocycles. The number of ether oxygens (including phenoxy) is 1. The van der Waals surface area contributed by atoms with Crippen molar-refractivity contribution in [3.05, 3.63) is 93.8 Å². The van der Waals surface area contributed by atoms with E-state index in [9.17, 15) is 4.79 Å². The van der Waals surface area contributed by atoms with Crippen molar-refractivity contribution in [1.29, 1.82) is 0 Å². The number of methoxy groups -OCH3 is 1. The molecular formula is C24H22N4O2. The molecule has 6 nitrogen and oxygen atoms in total. The first-order valence-electron chi connectivity index (χ1n) is 9.60. The highest BCUT2D eigenvalue weighted by Crippen LogP contribution is 2.21. The third-order valence-electron chi connectivity index (χ3n) is 5.10. The second kappa shape index (κ2) is 8.21. The van der Waals surface area contributed by atoms with Crippen LogP contribution in [0.25, 0.3) is 16.6 Å². The molecule has 0 unspecified atom stereocenters. The maximum atomic E-state index is 13.4. The van der Waals surface area contributed by atoms with Crippen LogP contribution in [-0.2, 0) is 0 Å². The van der Waals surface area contributed by atoms with Crippen LogP contribution < -0.4 is 15.7 Å². The van der Waals surface area contributed by atoms with Gasteiger partial charge in [-0.1, -0.05) is 36.4 Å². The minimum atomic E-state index is -0.149. The predicted octanol–water partition coefficient (Wildman–Crippen LogP) is 4.46. The van der Waals surface area contributed by atoms with Crippen LogP contribution >= 0.6 is 0 Å². The van der Waals surface area contributed by atoms with E-state index in [4.69, 9.17) is 4.74 Å². The van der Waals surface area contributed by atoms with Crippen molar-refractivity contribution in [3.8, 4) is 11.4 Å². The summed E-state index contributed by atoms with van der Waals surface area (Å²) in [5.41, 5.74) is 7.11. The summed E-state index contributed by atoms with van der Waals surface area (Å²) >= 11 is 0. The molecule has 0 spiro atoms. The molecule has 0 fully saturated rings. The summed E-state index contributed by atoms with van der Waals surface area (Å²) < 4.78 is 6.93. The van der Waals surface area contributed by atoms with Gasteiger partial charge in [0.25, 0.3) is 5.56 Å². The predicted molar refractivity (Wildman–Crippen MR) is 121 cm³/mol. The van der Waals surface area contributed by atoms with Crippen molar-refractivity contribution in [2.75, 3.05) is 12.5 Å². The SMILES string of the molecule is COc1ccccc1/C=N\Nc1nc2ccccc2c(=O)n1-c1cccc(C)c1C. The molecule has 3 aromatic carbocycles. The Labute approximate surface area is 174 Å². The van der Waals surface area contributed by atoms with Crippen LogP contribution in [-0.4, -0.2) is 22.9 Å². The van der Waals surface area contributed by atoms with Crippen LogP contribution in [0, 0.1) is 13.8 Å². The summed E-state index contributed by atoms with van der Waals surface area (Å²) in [6, 6.07) is 20.7. The molecule has 150 valence electrons. The highest BCUT2D eigenvalue weighted by Gasteiger charge is 2.14. The monoisotopic (exact) mass is 398 g/mol. The summed E-state index contributed by atoms with van der Waals surface area (Å²) in [5, 5.41) is 4.88. The third-order valence-corrected chi connectivity index (χ3v) is 5.10. The van der Waals surface area contributed by atoms with Crippen LogP contribution in [0.3, 0.4) is 0 Å². The van der Waals surface area contributed by atoms with Gasteiger partial charge in [-0.15, -0.1) is 0 Å². The van der Waals surface area contributed by atoms with Gasteiger partial charge >= 0.3 is 0 Å². The highest BCUT2D eigenvalue weighted by atomic mass is 16.5. The van der Waals surface area contributed by atoms with Crippen LogP contribution in [0.1, 0.15) is 16.7 Å². The summed E-state index contributed by atoms with van der Waals surface area (Å²) in [6.07, 6.45) is 1.65. The molecule has 1 aromatic heterocycles. The van der Waals surface area contributed by atoms with Crippen molar-refractivity contribution >= 4 is 23.1 Å². The second-order valence-electron chi connectivity index (χ2n) is 6.92. The smallest absolute Gasteiger partial charge is 0.267 e. The first-order valence-corrected chi connectivity index (χ1v) is 9.60. The molecule has 0 amide bonds. The van der Waals surface area contributed by atoms with Crippen LogP contribution in [0.2, 0.25) is 0 Å². The second-order valence-corrected chi connectivity index (χ2v) is 6.92. The lowest BCUT2D eigenvalue weighted by Gasteiger charge is -2.16. The average molecular weight is 398 g/mol. The van der Waals surface area contributed by atoms with Gasteiger partial charge < -0.3 is 4.74 Å². The van der Waals surface area contributed by atoms with E-state index in [0.717, 1.165) is 22.4 Å². The zero-order chi connectivity index (χ0) is 21.1. The zero-order valence-electron chi connectivity index (χ0n) is 17.1. The quantitative estimate of drug-likeness (QED) is 0.398. The lowest BCUT2D eigenvalue weighted by atomic mass is 10.1. The number of fused-ring (bicyclic) bond motifs is 1. The van der Waals surface area contributed by atoms with Crippen molar-refractivity contribution < 1.29 is 4.74 Å². The van der Waals surface area contributed by atoms with E-state index >= 15 is 0 Å². The first-order chi connectivity index (χ1) is 14.6. The number of anilines is 1. The Kier molecular flexibility index (Phi) is 5.30. The number of para-hydroxylation sites is 2. The Bertz CT molecular complexity index is 1310. The summed E-state index contributed by atoms with van der Waals surface area (Å²) in [7, 11) is 1.61. The molecule has 1 N–H and O–H groups in total. The molecule has 0 saturated carbocycles. The standard InChI is InChI=1S/C24H22N4O2/c1-16-9-8-13-21(17(16)2)28-23(29)19-11-5-6-12-20(19)26-24(28)27-25-15-18-10-4-7-14-22(18)30-3/h4-15H,1-3H3,(H,26,27)/b25-15-. The molecule has 0 atom stereocenters. The Morgan fingerprint density at radius 1 is 1.00 bits per heavy atom. The van der Waals surface area contributed by atoms with Gasteiger partial charge in [-0.05, 0) is 55.3 Å². The number of aromatic nitrogens is 2. The van der Waals surface area contributed by atoms with Gasteiger partial charge in [-0.2, -0.15) is 5.10 Å². The number of nitrogens with one attached hydrogen (secondary N) is 1. The van der Waals surface area contributed by atoms with E-state index in [2.05, 4.69) is 15.5 Å². The molecule has 4 aromatic rings. The summed E-state index contributed by atoms with van der Waals surface area (Å²) in [4.78, 5) is 18.0. The van der Waals surface area contributed by atoms with Gasteiger partial charge in [0.05, 0.1) is 29.9 Å². The van der Waals surface area contributed by atoms with Gasteiger partial charge in [-0.25, -0.2) is 15.0 Å². The summed E-state index contributed by atoms with van der Waals surface area (Å²) in [5.74, 6) is 1.06. The number of aryl methyl sites for hydroxylation is 1. The highest BCUT2D eigenvalue weighted by molar-refractivity contribution is 5.84. The van der Waals surface area contributed by atoms with Crippen molar-refractivity contribution in [2.24, 2.45) is 5.10 Å². The average Bonchev–Trinajstić information content (AvgIpc) is 2.77. The normalized spacial score (nSPS) is 11.2. The number of rotatable bonds is 5. The molecule has 0 aliphatic rings. The minimum Gasteiger partial charge on any atom is -0.496 e. The van der Waals surface area contributed by atoms with Gasteiger partial charge in [0, 0.05) is 5.56 Å². The molecular weight excluding hydrogens is 376 g/mol. The van der Waals surface area contributed by atoms with Gasteiger partial charge in [0.15, 0.2) is 0 Å². The number of hydrogen-bond donors (Lipinski definition) is 1. The van der Waals surface area contributed by atoms with E-state index in [1.807, 2.05) is 74.5 Å². The molecule has 0 aliphatic heterocycles. The molecule has 4 rings (SSSR count). The first kappa shape index (κ1) is 19.4. The fraction of sp³-hybridized carbons (Fsp3) is 0.125. The zero-order valence-corrected chi connectivity index (χ0v) is 17.1. The fourth-order valence-corrected chi connectivity index (χ4v) is 3.34. The van der Waals surface area contributed by atoms with Crippen LogP contribution in [0.5, 0.6) is 5.75 Å². The Hall–Kier alpha value is -3.93. The fourth-order valence-electron chi connectivity index (χ4n) is 3.34. The number of benzene rings is 3. The van der Waals surface area contributed by atoms with Gasteiger partial charge in [0.2, 0.25) is 5.95 Å². The van der Waals surface area contributed by atoms with Gasteiger partial charge in [-0.3, -0.25) is 4.79 Å². The van der Waals surface area contributed by atoms with E-state index in [-0.39, 0.29) is 5.56 Å².